The third kappa shape index (κ3) is 4.19. The van der Waals surface area contributed by atoms with Crippen molar-refractivity contribution in [1.29, 1.82) is 0 Å². The average molecular weight is 293 g/mol. The Balaban J connectivity index is 1.97. The zero-order valence-electron chi connectivity index (χ0n) is 12.9. The van der Waals surface area contributed by atoms with E-state index in [0.717, 1.165) is 18.8 Å². The lowest BCUT2D eigenvalue weighted by Gasteiger charge is -2.34. The number of ether oxygens (including phenoxy) is 2. The van der Waals surface area contributed by atoms with Crippen LogP contribution in [-0.2, 0) is 16.0 Å². The molecule has 1 fully saturated rings. The lowest BCUT2D eigenvalue weighted by atomic mass is 10.2. The maximum Gasteiger partial charge on any atom is 0.261 e. The number of nitrogens with zero attached hydrogens (tertiary/aromatic N) is 1. The number of carbonyl (C=O) groups is 1. The summed E-state index contributed by atoms with van der Waals surface area (Å²) in [6, 6.07) is 3.51. The molecule has 0 aliphatic carbocycles. The van der Waals surface area contributed by atoms with Crippen LogP contribution in [0, 0.1) is 0 Å². The summed E-state index contributed by atoms with van der Waals surface area (Å²) in [5.41, 5.74) is 0. The summed E-state index contributed by atoms with van der Waals surface area (Å²) in [6.45, 7) is 12.4. The summed E-state index contributed by atoms with van der Waals surface area (Å²) in [7, 11) is 0. The van der Waals surface area contributed by atoms with Gasteiger partial charge in [0.05, 0.1) is 25.4 Å². The molecule has 21 heavy (non-hydrogen) atoms. The zero-order valence-corrected chi connectivity index (χ0v) is 12.9. The SMILES string of the molecule is C=C(OCC)C(=O)c1ccc(CN2CC(C)OC(C)C2)o1. The largest absolute Gasteiger partial charge is 0.490 e. The van der Waals surface area contributed by atoms with Gasteiger partial charge in [0.15, 0.2) is 11.5 Å². The van der Waals surface area contributed by atoms with Crippen molar-refractivity contribution in [2.24, 2.45) is 0 Å². The van der Waals surface area contributed by atoms with Crippen molar-refractivity contribution in [3.8, 4) is 0 Å². The summed E-state index contributed by atoms with van der Waals surface area (Å²) in [4.78, 5) is 14.3. The van der Waals surface area contributed by atoms with Crippen molar-refractivity contribution in [1.82, 2.24) is 4.90 Å². The standard InChI is InChI=1S/C16H23NO4/c1-5-19-13(4)16(18)15-7-6-14(21-15)10-17-8-11(2)20-12(3)9-17/h6-7,11-12H,4-5,8-10H2,1-3H3. The van der Waals surface area contributed by atoms with Gasteiger partial charge in [-0.05, 0) is 32.9 Å². The zero-order chi connectivity index (χ0) is 15.4. The van der Waals surface area contributed by atoms with Crippen LogP contribution < -0.4 is 0 Å². The second kappa shape index (κ2) is 6.91. The Kier molecular flexibility index (Phi) is 5.20. The molecule has 0 aromatic carbocycles. The molecular formula is C16H23NO4. The molecule has 5 heteroatoms. The van der Waals surface area contributed by atoms with Crippen LogP contribution in [0.2, 0.25) is 0 Å². The van der Waals surface area contributed by atoms with Gasteiger partial charge in [-0.1, -0.05) is 6.58 Å². The molecule has 1 aromatic rings. The van der Waals surface area contributed by atoms with Gasteiger partial charge in [-0.3, -0.25) is 9.69 Å². The lowest BCUT2D eigenvalue weighted by Crippen LogP contribution is -2.44. The Bertz CT molecular complexity index is 498. The number of furan rings is 1. The van der Waals surface area contributed by atoms with E-state index in [9.17, 15) is 4.79 Å². The highest BCUT2D eigenvalue weighted by Crippen LogP contribution is 2.17. The van der Waals surface area contributed by atoms with Crippen LogP contribution in [-0.4, -0.2) is 42.6 Å². The fourth-order valence-corrected chi connectivity index (χ4v) is 2.60. The summed E-state index contributed by atoms with van der Waals surface area (Å²) >= 11 is 0. The lowest BCUT2D eigenvalue weighted by molar-refractivity contribution is -0.0718. The number of ketones is 1. The normalized spacial score (nSPS) is 23.0. The summed E-state index contributed by atoms with van der Waals surface area (Å²) in [5, 5.41) is 0. The van der Waals surface area contributed by atoms with Crippen molar-refractivity contribution in [2.75, 3.05) is 19.7 Å². The van der Waals surface area contributed by atoms with Crippen molar-refractivity contribution in [2.45, 2.75) is 39.5 Å². The smallest absolute Gasteiger partial charge is 0.261 e. The molecule has 1 saturated heterocycles. The second-order valence-corrected chi connectivity index (χ2v) is 5.40. The van der Waals surface area contributed by atoms with Crippen LogP contribution in [0.15, 0.2) is 28.9 Å². The van der Waals surface area contributed by atoms with Gasteiger partial charge in [-0.15, -0.1) is 0 Å². The molecule has 2 atom stereocenters. The highest BCUT2D eigenvalue weighted by atomic mass is 16.5. The summed E-state index contributed by atoms with van der Waals surface area (Å²) < 4.78 is 16.4. The molecule has 2 rings (SSSR count). The molecule has 5 nitrogen and oxygen atoms in total. The van der Waals surface area contributed by atoms with E-state index in [1.807, 2.05) is 13.0 Å². The first-order valence-corrected chi connectivity index (χ1v) is 7.32. The molecule has 1 aliphatic heterocycles. The van der Waals surface area contributed by atoms with Crippen molar-refractivity contribution < 1.29 is 18.7 Å². The van der Waals surface area contributed by atoms with E-state index < -0.39 is 0 Å². The first-order chi connectivity index (χ1) is 9.99. The Hall–Kier alpha value is -1.59. The van der Waals surface area contributed by atoms with Crippen LogP contribution in [0.5, 0.6) is 0 Å². The van der Waals surface area contributed by atoms with Gasteiger partial charge in [0.25, 0.3) is 5.78 Å². The molecule has 2 heterocycles. The van der Waals surface area contributed by atoms with Crippen LogP contribution in [0.3, 0.4) is 0 Å². The number of hydrogen-bond acceptors (Lipinski definition) is 5. The first kappa shape index (κ1) is 15.8. The van der Waals surface area contributed by atoms with Gasteiger partial charge in [0, 0.05) is 13.1 Å². The molecule has 0 bridgehead atoms. The van der Waals surface area contributed by atoms with Crippen molar-refractivity contribution in [3.05, 3.63) is 36.0 Å². The summed E-state index contributed by atoms with van der Waals surface area (Å²) in [5.74, 6) is 0.862. The molecule has 0 spiro atoms. The quantitative estimate of drug-likeness (QED) is 0.458. The third-order valence-corrected chi connectivity index (χ3v) is 3.33. The highest BCUT2D eigenvalue weighted by molar-refractivity contribution is 6.04. The predicted molar refractivity (Wildman–Crippen MR) is 79.1 cm³/mol. The van der Waals surface area contributed by atoms with E-state index in [4.69, 9.17) is 13.9 Å². The van der Waals surface area contributed by atoms with Gasteiger partial charge in [0.2, 0.25) is 0 Å². The van der Waals surface area contributed by atoms with Gasteiger partial charge in [-0.25, -0.2) is 0 Å². The minimum absolute atomic E-state index is 0.118. The van der Waals surface area contributed by atoms with E-state index >= 15 is 0 Å². The van der Waals surface area contributed by atoms with Crippen LogP contribution in [0.25, 0.3) is 0 Å². The van der Waals surface area contributed by atoms with Crippen LogP contribution >= 0.6 is 0 Å². The van der Waals surface area contributed by atoms with Crippen LogP contribution in [0.1, 0.15) is 37.1 Å². The monoisotopic (exact) mass is 293 g/mol. The van der Waals surface area contributed by atoms with Gasteiger partial charge < -0.3 is 13.9 Å². The van der Waals surface area contributed by atoms with E-state index in [0.29, 0.717) is 13.2 Å². The van der Waals surface area contributed by atoms with Gasteiger partial charge in [0.1, 0.15) is 5.76 Å². The predicted octanol–water partition coefficient (Wildman–Crippen LogP) is 2.62. The summed E-state index contributed by atoms with van der Waals surface area (Å²) in [6.07, 6.45) is 0.421. The molecule has 1 aliphatic rings. The molecule has 2 unspecified atom stereocenters. The van der Waals surface area contributed by atoms with E-state index in [1.54, 1.807) is 6.07 Å². The number of hydrogen-bond donors (Lipinski definition) is 0. The first-order valence-electron chi connectivity index (χ1n) is 7.32. The van der Waals surface area contributed by atoms with Crippen molar-refractivity contribution >= 4 is 5.78 Å². The minimum Gasteiger partial charge on any atom is -0.490 e. The third-order valence-electron chi connectivity index (χ3n) is 3.33. The van der Waals surface area contributed by atoms with Crippen LogP contribution in [0.4, 0.5) is 0 Å². The molecule has 116 valence electrons. The number of allylic oxidation sites excluding steroid dienone is 1. The molecule has 0 amide bonds. The number of Topliss-reactive ketones (excluding diaryl/α,β-unsaturated/α-hetero) is 1. The van der Waals surface area contributed by atoms with Crippen molar-refractivity contribution in [3.63, 3.8) is 0 Å². The number of morpholine rings is 1. The van der Waals surface area contributed by atoms with E-state index in [2.05, 4.69) is 25.3 Å². The topological polar surface area (TPSA) is 51.9 Å². The number of rotatable bonds is 6. The molecule has 1 aromatic heterocycles. The molecular weight excluding hydrogens is 270 g/mol. The number of carbonyl (C=O) groups excluding carboxylic acids is 1. The van der Waals surface area contributed by atoms with E-state index in [1.165, 1.54) is 0 Å². The maximum absolute atomic E-state index is 12.0. The fourth-order valence-electron chi connectivity index (χ4n) is 2.60. The molecule has 0 radical (unpaired) electrons. The van der Waals surface area contributed by atoms with E-state index in [-0.39, 0.29) is 29.5 Å². The molecule has 0 saturated carbocycles. The molecule has 0 N–H and O–H groups in total. The fraction of sp³-hybridized carbons (Fsp3) is 0.562. The van der Waals surface area contributed by atoms with Gasteiger partial charge >= 0.3 is 0 Å². The average Bonchev–Trinajstić information content (AvgIpc) is 2.85. The second-order valence-electron chi connectivity index (χ2n) is 5.40. The Labute approximate surface area is 125 Å². The maximum atomic E-state index is 12.0. The Morgan fingerprint density at radius 2 is 2.05 bits per heavy atom. The Morgan fingerprint density at radius 1 is 1.38 bits per heavy atom. The Morgan fingerprint density at radius 3 is 2.67 bits per heavy atom. The van der Waals surface area contributed by atoms with Gasteiger partial charge in [-0.2, -0.15) is 0 Å². The minimum atomic E-state index is -0.299. The highest BCUT2D eigenvalue weighted by Gasteiger charge is 2.23.